The summed E-state index contributed by atoms with van der Waals surface area (Å²) in [4.78, 5) is 17.1. The molecule has 0 unspecified atom stereocenters. The van der Waals surface area contributed by atoms with Crippen LogP contribution in [-0.4, -0.2) is 28.6 Å². The van der Waals surface area contributed by atoms with Gasteiger partial charge in [0.15, 0.2) is 0 Å². The molecule has 0 aliphatic rings. The Morgan fingerprint density at radius 1 is 0.967 bits per heavy atom. The van der Waals surface area contributed by atoms with Crippen LogP contribution in [0.25, 0.3) is 11.0 Å². The maximum Gasteiger partial charge on any atom is 0.251 e. The van der Waals surface area contributed by atoms with Gasteiger partial charge >= 0.3 is 0 Å². The summed E-state index contributed by atoms with van der Waals surface area (Å²) in [6.45, 7) is 3.77. The first-order valence-electron chi connectivity index (χ1n) is 10.2. The van der Waals surface area contributed by atoms with Crippen LogP contribution in [0, 0.1) is 6.92 Å². The molecule has 0 saturated carbocycles. The van der Waals surface area contributed by atoms with Gasteiger partial charge in [0.2, 0.25) is 0 Å². The van der Waals surface area contributed by atoms with Crippen LogP contribution in [0.15, 0.2) is 78.9 Å². The minimum absolute atomic E-state index is 0.0647. The van der Waals surface area contributed by atoms with Gasteiger partial charge in [0.25, 0.3) is 5.91 Å². The zero-order valence-corrected chi connectivity index (χ0v) is 17.0. The van der Waals surface area contributed by atoms with Crippen LogP contribution in [-0.2, 0) is 13.0 Å². The first-order chi connectivity index (χ1) is 14.7. The van der Waals surface area contributed by atoms with Crippen LogP contribution in [0.2, 0.25) is 0 Å². The van der Waals surface area contributed by atoms with E-state index in [0.29, 0.717) is 31.7 Å². The van der Waals surface area contributed by atoms with Crippen molar-refractivity contribution in [2.24, 2.45) is 0 Å². The van der Waals surface area contributed by atoms with E-state index >= 15 is 0 Å². The highest BCUT2D eigenvalue weighted by atomic mass is 16.5. The zero-order chi connectivity index (χ0) is 20.8. The van der Waals surface area contributed by atoms with Gasteiger partial charge in [0, 0.05) is 18.5 Å². The molecule has 0 radical (unpaired) electrons. The molecule has 0 aliphatic heterocycles. The minimum Gasteiger partial charge on any atom is -0.492 e. The number of rotatable bonds is 8. The van der Waals surface area contributed by atoms with Crippen LogP contribution in [0.4, 0.5) is 0 Å². The van der Waals surface area contributed by atoms with Crippen molar-refractivity contribution in [2.45, 2.75) is 19.9 Å². The first kappa shape index (κ1) is 19.7. The molecule has 5 nitrogen and oxygen atoms in total. The lowest BCUT2D eigenvalue weighted by Gasteiger charge is -2.11. The number of imidazole rings is 1. The first-order valence-corrected chi connectivity index (χ1v) is 10.2. The molecule has 3 aromatic carbocycles. The molecule has 1 aromatic heterocycles. The highest BCUT2D eigenvalue weighted by Gasteiger charge is 2.11. The van der Waals surface area contributed by atoms with Crippen LogP contribution < -0.4 is 10.1 Å². The summed E-state index contributed by atoms with van der Waals surface area (Å²) in [5.41, 5.74) is 3.84. The molecule has 30 heavy (non-hydrogen) atoms. The predicted octanol–water partition coefficient (Wildman–Crippen LogP) is 4.40. The summed E-state index contributed by atoms with van der Waals surface area (Å²) in [5.74, 6) is 1.73. The van der Waals surface area contributed by atoms with Crippen molar-refractivity contribution in [1.29, 1.82) is 0 Å². The minimum atomic E-state index is -0.0647. The number of benzene rings is 3. The molecule has 0 bridgehead atoms. The fraction of sp³-hybridized carbons (Fsp3) is 0.200. The SMILES string of the molecule is Cc1ccc(C(=O)NCCc2nc3ccccc3n2CCOc2ccccc2)cc1. The van der Waals surface area contributed by atoms with Crippen molar-refractivity contribution < 1.29 is 9.53 Å². The van der Waals surface area contributed by atoms with Crippen molar-refractivity contribution in [1.82, 2.24) is 14.9 Å². The van der Waals surface area contributed by atoms with Crippen LogP contribution >= 0.6 is 0 Å². The number of ether oxygens (including phenoxy) is 1. The van der Waals surface area contributed by atoms with Crippen LogP contribution in [0.5, 0.6) is 5.75 Å². The quantitative estimate of drug-likeness (QED) is 0.478. The number of hydrogen-bond acceptors (Lipinski definition) is 3. The number of nitrogens with zero attached hydrogens (tertiary/aromatic N) is 2. The van der Waals surface area contributed by atoms with E-state index in [9.17, 15) is 4.79 Å². The Kier molecular flexibility index (Phi) is 6.09. The van der Waals surface area contributed by atoms with Gasteiger partial charge in [-0.15, -0.1) is 0 Å². The lowest BCUT2D eigenvalue weighted by molar-refractivity contribution is 0.0954. The predicted molar refractivity (Wildman–Crippen MR) is 119 cm³/mol. The average Bonchev–Trinajstić information content (AvgIpc) is 3.12. The highest BCUT2D eigenvalue weighted by Crippen LogP contribution is 2.17. The monoisotopic (exact) mass is 399 g/mol. The summed E-state index contributed by atoms with van der Waals surface area (Å²) in [6.07, 6.45) is 0.650. The van der Waals surface area contributed by atoms with Crippen molar-refractivity contribution in [3.63, 3.8) is 0 Å². The standard InChI is InChI=1S/C25H25N3O2/c1-19-11-13-20(14-12-19)25(29)26-16-15-24-27-22-9-5-6-10-23(22)28(24)17-18-30-21-7-3-2-4-8-21/h2-14H,15-18H2,1H3,(H,26,29). The second-order valence-corrected chi connectivity index (χ2v) is 7.20. The maximum absolute atomic E-state index is 12.4. The smallest absolute Gasteiger partial charge is 0.251 e. The van der Waals surface area contributed by atoms with Gasteiger partial charge in [-0.1, -0.05) is 48.0 Å². The van der Waals surface area contributed by atoms with Crippen LogP contribution in [0.1, 0.15) is 21.7 Å². The molecule has 0 atom stereocenters. The molecule has 0 aliphatic carbocycles. The maximum atomic E-state index is 12.4. The zero-order valence-electron chi connectivity index (χ0n) is 17.0. The number of hydrogen-bond donors (Lipinski definition) is 1. The molecule has 4 rings (SSSR count). The number of carbonyl (C=O) groups excluding carboxylic acids is 1. The molecule has 1 heterocycles. The second-order valence-electron chi connectivity index (χ2n) is 7.20. The summed E-state index contributed by atoms with van der Waals surface area (Å²) < 4.78 is 8.05. The number of nitrogens with one attached hydrogen (secondary N) is 1. The third kappa shape index (κ3) is 4.69. The summed E-state index contributed by atoms with van der Waals surface area (Å²) in [6, 6.07) is 25.5. The Labute approximate surface area is 176 Å². The molecule has 1 amide bonds. The van der Waals surface area contributed by atoms with E-state index < -0.39 is 0 Å². The molecular formula is C25H25N3O2. The largest absolute Gasteiger partial charge is 0.492 e. The third-order valence-corrected chi connectivity index (χ3v) is 5.01. The van der Waals surface area contributed by atoms with Crippen LogP contribution in [0.3, 0.4) is 0 Å². The van der Waals surface area contributed by atoms with Crippen molar-refractivity contribution >= 4 is 16.9 Å². The molecule has 4 aromatic rings. The lowest BCUT2D eigenvalue weighted by atomic mass is 10.1. The number of amides is 1. The van der Waals surface area contributed by atoms with Gasteiger partial charge in [-0.25, -0.2) is 4.98 Å². The molecule has 0 spiro atoms. The number of aromatic nitrogens is 2. The number of aryl methyl sites for hydroxylation is 1. The van der Waals surface area contributed by atoms with Gasteiger partial charge in [0.05, 0.1) is 17.6 Å². The number of para-hydroxylation sites is 3. The Hall–Kier alpha value is -3.60. The van der Waals surface area contributed by atoms with E-state index in [0.717, 1.165) is 28.2 Å². The summed E-state index contributed by atoms with van der Waals surface area (Å²) >= 11 is 0. The molecule has 0 fully saturated rings. The fourth-order valence-corrected chi connectivity index (χ4v) is 3.43. The molecule has 1 N–H and O–H groups in total. The van der Waals surface area contributed by atoms with E-state index in [2.05, 4.69) is 16.0 Å². The van der Waals surface area contributed by atoms with E-state index in [1.54, 1.807) is 0 Å². The molecular weight excluding hydrogens is 374 g/mol. The topological polar surface area (TPSA) is 56.2 Å². The van der Waals surface area contributed by atoms with E-state index in [4.69, 9.17) is 9.72 Å². The Bertz CT molecular complexity index is 1120. The Morgan fingerprint density at radius 3 is 2.50 bits per heavy atom. The normalized spacial score (nSPS) is 10.8. The average molecular weight is 399 g/mol. The number of carbonyl (C=O) groups is 1. The molecule has 0 saturated heterocycles. The second kappa shape index (κ2) is 9.27. The van der Waals surface area contributed by atoms with Gasteiger partial charge in [-0.3, -0.25) is 4.79 Å². The van der Waals surface area contributed by atoms with E-state index in [1.807, 2.05) is 79.7 Å². The lowest BCUT2D eigenvalue weighted by Crippen LogP contribution is -2.26. The van der Waals surface area contributed by atoms with Gasteiger partial charge < -0.3 is 14.6 Å². The van der Waals surface area contributed by atoms with Crippen molar-refractivity contribution in [3.8, 4) is 5.75 Å². The van der Waals surface area contributed by atoms with Gasteiger partial charge in [0.1, 0.15) is 18.2 Å². The summed E-state index contributed by atoms with van der Waals surface area (Å²) in [5, 5.41) is 3.00. The number of fused-ring (bicyclic) bond motifs is 1. The van der Waals surface area contributed by atoms with E-state index in [-0.39, 0.29) is 5.91 Å². The van der Waals surface area contributed by atoms with E-state index in [1.165, 1.54) is 0 Å². The van der Waals surface area contributed by atoms with Gasteiger partial charge in [-0.05, 0) is 43.3 Å². The Balaban J connectivity index is 1.41. The van der Waals surface area contributed by atoms with Crippen molar-refractivity contribution in [2.75, 3.05) is 13.2 Å². The molecule has 5 heteroatoms. The van der Waals surface area contributed by atoms with Crippen molar-refractivity contribution in [3.05, 3.63) is 95.8 Å². The third-order valence-electron chi connectivity index (χ3n) is 5.01. The molecule has 152 valence electrons. The fourth-order valence-electron chi connectivity index (χ4n) is 3.43. The summed E-state index contributed by atoms with van der Waals surface area (Å²) in [7, 11) is 0. The van der Waals surface area contributed by atoms with Gasteiger partial charge in [-0.2, -0.15) is 0 Å². The highest BCUT2D eigenvalue weighted by molar-refractivity contribution is 5.94. The Morgan fingerprint density at radius 2 is 1.70 bits per heavy atom.